The summed E-state index contributed by atoms with van der Waals surface area (Å²) in [7, 11) is 0. The van der Waals surface area contributed by atoms with E-state index in [0.29, 0.717) is 0 Å². The van der Waals surface area contributed by atoms with Gasteiger partial charge in [-0.3, -0.25) is 9.02 Å². The van der Waals surface area contributed by atoms with Crippen LogP contribution in [0.5, 0.6) is 0 Å². The van der Waals surface area contributed by atoms with Crippen LogP contribution >= 0.6 is 12.2 Å². The second-order valence-corrected chi connectivity index (χ2v) is 3.29. The van der Waals surface area contributed by atoms with Crippen molar-refractivity contribution in [2.45, 2.75) is 38.5 Å². The predicted molar refractivity (Wildman–Crippen MR) is 38.7 cm³/mol. The van der Waals surface area contributed by atoms with Gasteiger partial charge in [0.15, 0.2) is 0 Å². The molecule has 2 rings (SSSR count). The zero-order valence-electron chi connectivity index (χ0n) is 6.16. The minimum absolute atomic E-state index is 0.0561. The van der Waals surface area contributed by atoms with Gasteiger partial charge in [0.1, 0.15) is 18.3 Å². The lowest BCUT2D eigenvalue weighted by molar-refractivity contribution is 0.101. The Labute approximate surface area is 65.0 Å². The fraction of sp³-hybridized carbons (Fsp3) is 1.00. The summed E-state index contributed by atoms with van der Waals surface area (Å²) in [5.41, 5.74) is -0.0561. The molecule has 0 aromatic heterocycles. The molecule has 0 aliphatic carbocycles. The molecule has 0 bridgehead atoms. The fourth-order valence-electron chi connectivity index (χ4n) is 1.35. The summed E-state index contributed by atoms with van der Waals surface area (Å²) in [4.78, 5) is 5.36. The molecule has 2 saturated heterocycles. The molecule has 10 heavy (non-hydrogen) atoms. The molecule has 0 radical (unpaired) electrons. The first-order valence-electron chi connectivity index (χ1n) is 3.66. The van der Waals surface area contributed by atoms with E-state index in [9.17, 15) is 0 Å². The predicted octanol–water partition coefficient (Wildman–Crippen LogP) is 1.71. The summed E-state index contributed by atoms with van der Waals surface area (Å²) >= 11 is 1.34. The summed E-state index contributed by atoms with van der Waals surface area (Å²) in [5, 5.41) is 0. The zero-order valence-corrected chi connectivity index (χ0v) is 6.98. The van der Waals surface area contributed by atoms with E-state index in [2.05, 4.69) is 13.8 Å². The number of nitrogens with zero attached hydrogens (tertiary/aromatic N) is 1. The SMILES string of the molecule is CCC1OSN2OC12CC. The minimum atomic E-state index is -0.0561. The highest BCUT2D eigenvalue weighted by molar-refractivity contribution is 7.92. The van der Waals surface area contributed by atoms with Crippen molar-refractivity contribution in [3.05, 3.63) is 0 Å². The van der Waals surface area contributed by atoms with Gasteiger partial charge in [-0.1, -0.05) is 18.3 Å². The van der Waals surface area contributed by atoms with Crippen LogP contribution in [0.1, 0.15) is 26.7 Å². The van der Waals surface area contributed by atoms with Crippen LogP contribution in [0.3, 0.4) is 0 Å². The number of rotatable bonds is 2. The lowest BCUT2D eigenvalue weighted by Gasteiger charge is -2.11. The van der Waals surface area contributed by atoms with Crippen LogP contribution in [0.25, 0.3) is 0 Å². The van der Waals surface area contributed by atoms with Crippen LogP contribution in [-0.4, -0.2) is 16.3 Å². The van der Waals surface area contributed by atoms with E-state index in [4.69, 9.17) is 9.02 Å². The highest BCUT2D eigenvalue weighted by atomic mass is 32.2. The lowest BCUT2D eigenvalue weighted by Crippen LogP contribution is -2.27. The molecule has 0 N–H and O–H groups in total. The molecule has 4 heteroatoms. The Morgan fingerprint density at radius 3 is 2.80 bits per heavy atom. The highest BCUT2D eigenvalue weighted by Crippen LogP contribution is 2.55. The Kier molecular flexibility index (Phi) is 1.46. The van der Waals surface area contributed by atoms with Gasteiger partial charge >= 0.3 is 0 Å². The third kappa shape index (κ3) is 0.676. The molecule has 2 aliphatic heterocycles. The molecule has 2 fully saturated rings. The molecule has 0 amide bonds. The monoisotopic (exact) mass is 161 g/mol. The minimum Gasteiger partial charge on any atom is -0.291 e. The topological polar surface area (TPSA) is 24.8 Å². The van der Waals surface area contributed by atoms with Crippen LogP contribution < -0.4 is 0 Å². The number of hydrogen-bond acceptors (Lipinski definition) is 4. The van der Waals surface area contributed by atoms with Crippen molar-refractivity contribution in [2.75, 3.05) is 0 Å². The van der Waals surface area contributed by atoms with E-state index in [0.717, 1.165) is 12.8 Å². The Hall–Kier alpha value is 0.230. The van der Waals surface area contributed by atoms with E-state index >= 15 is 0 Å². The molecule has 3 unspecified atom stereocenters. The first-order valence-corrected chi connectivity index (χ1v) is 4.36. The van der Waals surface area contributed by atoms with Gasteiger partial charge in [-0.25, -0.2) is 0 Å². The van der Waals surface area contributed by atoms with E-state index < -0.39 is 0 Å². The zero-order chi connectivity index (χ0) is 7.19. The number of fused-ring (bicyclic) bond motifs is 1. The van der Waals surface area contributed by atoms with E-state index in [1.54, 1.807) is 0 Å². The smallest absolute Gasteiger partial charge is 0.206 e. The Balaban J connectivity index is 2.09. The maximum absolute atomic E-state index is 5.38. The third-order valence-corrected chi connectivity index (χ3v) is 2.96. The standard InChI is InChI=1S/C6H11NO2S/c1-3-5-6(4-2)7(9-6)10-8-5/h5H,3-4H2,1-2H3. The molecular formula is C6H11NO2S. The third-order valence-electron chi connectivity index (χ3n) is 2.12. The number of hydrogen-bond donors (Lipinski definition) is 0. The van der Waals surface area contributed by atoms with Gasteiger partial charge < -0.3 is 0 Å². The Bertz CT molecular complexity index is 151. The van der Waals surface area contributed by atoms with Crippen molar-refractivity contribution in [1.82, 2.24) is 4.47 Å². The van der Waals surface area contributed by atoms with E-state index in [-0.39, 0.29) is 11.8 Å². The van der Waals surface area contributed by atoms with Gasteiger partial charge in [0.05, 0.1) is 0 Å². The molecule has 0 aromatic rings. The van der Waals surface area contributed by atoms with Crippen molar-refractivity contribution in [2.24, 2.45) is 0 Å². The van der Waals surface area contributed by atoms with Crippen molar-refractivity contribution in [3.8, 4) is 0 Å². The van der Waals surface area contributed by atoms with Crippen LogP contribution in [0, 0.1) is 0 Å². The lowest BCUT2D eigenvalue weighted by atomic mass is 10.1. The van der Waals surface area contributed by atoms with Gasteiger partial charge in [-0.2, -0.15) is 0 Å². The summed E-state index contributed by atoms with van der Waals surface area (Å²) < 4.78 is 7.22. The fourth-order valence-corrected chi connectivity index (χ4v) is 2.35. The summed E-state index contributed by atoms with van der Waals surface area (Å²) in [6.07, 6.45) is 2.30. The first-order chi connectivity index (χ1) is 4.83. The summed E-state index contributed by atoms with van der Waals surface area (Å²) in [6, 6.07) is 0. The number of hydroxylamine groups is 1. The molecular weight excluding hydrogens is 150 g/mol. The molecule has 2 aliphatic rings. The first kappa shape index (κ1) is 6.91. The quantitative estimate of drug-likeness (QED) is 0.349. The van der Waals surface area contributed by atoms with Crippen LogP contribution in [0.15, 0.2) is 0 Å². The Morgan fingerprint density at radius 1 is 1.60 bits per heavy atom. The van der Waals surface area contributed by atoms with Gasteiger partial charge in [-0.05, 0) is 12.8 Å². The second kappa shape index (κ2) is 2.11. The molecule has 2 heterocycles. The van der Waals surface area contributed by atoms with Crippen molar-refractivity contribution >= 4 is 12.2 Å². The summed E-state index contributed by atoms with van der Waals surface area (Å²) in [5.74, 6) is 0. The second-order valence-electron chi connectivity index (χ2n) is 2.61. The van der Waals surface area contributed by atoms with Gasteiger partial charge in [0.2, 0.25) is 5.72 Å². The van der Waals surface area contributed by atoms with Crippen molar-refractivity contribution in [3.63, 3.8) is 0 Å². The van der Waals surface area contributed by atoms with Gasteiger partial charge in [0.25, 0.3) is 0 Å². The van der Waals surface area contributed by atoms with Crippen molar-refractivity contribution < 1.29 is 9.02 Å². The normalized spacial score (nSPS) is 51.0. The van der Waals surface area contributed by atoms with E-state index in [1.165, 1.54) is 12.2 Å². The molecule has 0 aromatic carbocycles. The Morgan fingerprint density at radius 2 is 2.40 bits per heavy atom. The molecule has 0 saturated carbocycles. The van der Waals surface area contributed by atoms with Gasteiger partial charge in [-0.15, -0.1) is 0 Å². The van der Waals surface area contributed by atoms with Crippen LogP contribution in [0.4, 0.5) is 0 Å². The molecule has 0 spiro atoms. The van der Waals surface area contributed by atoms with Crippen molar-refractivity contribution in [1.29, 1.82) is 0 Å². The average Bonchev–Trinajstić information content (AvgIpc) is 2.60. The molecule has 3 nitrogen and oxygen atoms in total. The molecule has 58 valence electrons. The average molecular weight is 161 g/mol. The highest BCUT2D eigenvalue weighted by Gasteiger charge is 2.66. The van der Waals surface area contributed by atoms with Crippen LogP contribution in [-0.2, 0) is 9.02 Å². The largest absolute Gasteiger partial charge is 0.291 e. The maximum atomic E-state index is 5.38. The van der Waals surface area contributed by atoms with E-state index in [1.807, 2.05) is 4.47 Å². The maximum Gasteiger partial charge on any atom is 0.206 e. The summed E-state index contributed by atoms with van der Waals surface area (Å²) in [6.45, 7) is 4.24. The van der Waals surface area contributed by atoms with Crippen LogP contribution in [0.2, 0.25) is 0 Å². The molecule has 3 atom stereocenters. The van der Waals surface area contributed by atoms with Gasteiger partial charge in [0, 0.05) is 0 Å².